The Balaban J connectivity index is 1.26. The van der Waals surface area contributed by atoms with Gasteiger partial charge in [-0.3, -0.25) is 4.90 Å². The monoisotopic (exact) mass is 928 g/mol. The third kappa shape index (κ3) is 8.14. The van der Waals surface area contributed by atoms with Gasteiger partial charge in [-0.15, -0.1) is 0 Å². The van der Waals surface area contributed by atoms with Gasteiger partial charge in [-0.05, 0) is 145 Å². The quantitative estimate of drug-likeness (QED) is 0.155. The molecule has 2 aliphatic heterocycles. The van der Waals surface area contributed by atoms with Gasteiger partial charge in [-0.2, -0.15) is 0 Å². The van der Waals surface area contributed by atoms with E-state index in [4.69, 9.17) is 4.42 Å². The lowest BCUT2D eigenvalue weighted by Gasteiger charge is -2.44. The summed E-state index contributed by atoms with van der Waals surface area (Å²) in [6.07, 6.45) is 0. The van der Waals surface area contributed by atoms with E-state index in [-0.39, 0.29) is 28.4 Å². The van der Waals surface area contributed by atoms with E-state index in [1.165, 1.54) is 55.5 Å². The lowest BCUT2D eigenvalue weighted by molar-refractivity contribution is 0.589. The Labute approximate surface area is 422 Å². The maximum Gasteiger partial charge on any atom is 0.257 e. The van der Waals surface area contributed by atoms with Crippen LogP contribution in [0.2, 0.25) is 0 Å². The summed E-state index contributed by atoms with van der Waals surface area (Å²) in [5, 5.41) is 1.16. The summed E-state index contributed by atoms with van der Waals surface area (Å²) >= 11 is 0. The zero-order chi connectivity index (χ0) is 49.8. The zero-order valence-electron chi connectivity index (χ0n) is 43.6. The van der Waals surface area contributed by atoms with E-state index in [2.05, 4.69) is 280 Å². The molecule has 0 fully saturated rings. The van der Waals surface area contributed by atoms with Crippen LogP contribution in [0.1, 0.15) is 105 Å². The lowest BCUT2D eigenvalue weighted by Crippen LogP contribution is -2.61. The van der Waals surface area contributed by atoms with Crippen molar-refractivity contribution >= 4 is 85.5 Å². The molecule has 4 nitrogen and oxygen atoms in total. The maximum atomic E-state index is 7.37. The zero-order valence-corrected chi connectivity index (χ0v) is 43.6. The van der Waals surface area contributed by atoms with Crippen molar-refractivity contribution in [1.82, 2.24) is 0 Å². The molecule has 1 aromatic heterocycles. The number of anilines is 9. The van der Waals surface area contributed by atoms with E-state index in [1.807, 2.05) is 0 Å². The van der Waals surface area contributed by atoms with Crippen LogP contribution in [0.15, 0.2) is 186 Å². The van der Waals surface area contributed by atoms with E-state index in [0.29, 0.717) is 0 Å². The highest BCUT2D eigenvalue weighted by atomic mass is 16.4. The van der Waals surface area contributed by atoms with E-state index >= 15 is 0 Å². The molecular weight excluding hydrogens is 862 g/mol. The topological polar surface area (TPSA) is 22.9 Å². The van der Waals surface area contributed by atoms with Crippen molar-refractivity contribution in [3.05, 3.63) is 204 Å². The van der Waals surface area contributed by atoms with Crippen molar-refractivity contribution in [2.45, 2.75) is 105 Å². The minimum absolute atomic E-state index is 0.00402. The summed E-state index contributed by atoms with van der Waals surface area (Å²) in [6, 6.07) is 68.0. The smallest absolute Gasteiger partial charge is 0.257 e. The summed E-state index contributed by atoms with van der Waals surface area (Å²) in [7, 11) is 0. The fourth-order valence-electron chi connectivity index (χ4n) is 10.8. The largest absolute Gasteiger partial charge is 0.440 e. The summed E-state index contributed by atoms with van der Waals surface area (Å²) in [6.45, 7) is 27.5. The van der Waals surface area contributed by atoms with Crippen LogP contribution in [-0.2, 0) is 21.7 Å². The minimum atomic E-state index is -0.136. The maximum absolute atomic E-state index is 7.37. The van der Waals surface area contributed by atoms with Gasteiger partial charge < -0.3 is 14.2 Å². The first-order chi connectivity index (χ1) is 33.7. The number of rotatable bonds is 6. The highest BCUT2D eigenvalue weighted by Crippen LogP contribution is 2.50. The van der Waals surface area contributed by atoms with Crippen LogP contribution in [0.4, 0.5) is 51.4 Å². The summed E-state index contributed by atoms with van der Waals surface area (Å²) in [4.78, 5) is 7.40. The Hall–Kier alpha value is -7.24. The molecule has 71 heavy (non-hydrogen) atoms. The molecule has 0 unspecified atom stereocenters. The van der Waals surface area contributed by atoms with Gasteiger partial charge in [0.15, 0.2) is 0 Å². The molecule has 0 saturated heterocycles. The summed E-state index contributed by atoms with van der Waals surface area (Å²) < 4.78 is 7.37. The number of benzene rings is 8. The van der Waals surface area contributed by atoms with Gasteiger partial charge in [0.2, 0.25) is 5.88 Å². The number of fused-ring (bicyclic) bond motifs is 6. The van der Waals surface area contributed by atoms with Crippen molar-refractivity contribution < 1.29 is 4.42 Å². The summed E-state index contributed by atoms with van der Waals surface area (Å²) in [5.74, 6) is 0.865. The Bertz CT molecular complexity index is 3440. The molecular formula is C66H66BN3O. The van der Waals surface area contributed by atoms with Crippen molar-refractivity contribution in [3.8, 4) is 11.1 Å². The van der Waals surface area contributed by atoms with Gasteiger partial charge in [-0.1, -0.05) is 186 Å². The normalized spacial score (nSPS) is 13.5. The Kier molecular flexibility index (Phi) is 10.9. The fraction of sp³-hybridized carbons (Fsp3) is 0.242. The van der Waals surface area contributed by atoms with Crippen molar-refractivity contribution in [3.63, 3.8) is 0 Å². The molecule has 0 radical (unpaired) electrons. The third-order valence-corrected chi connectivity index (χ3v) is 14.9. The Morgan fingerprint density at radius 3 is 1.41 bits per heavy atom. The molecule has 354 valence electrons. The molecule has 2 aliphatic rings. The molecule has 0 bridgehead atoms. The second-order valence-corrected chi connectivity index (χ2v) is 24.0. The Morgan fingerprint density at radius 2 is 0.845 bits per heavy atom. The molecule has 11 rings (SSSR count). The molecule has 3 heterocycles. The second kappa shape index (κ2) is 16.7. The van der Waals surface area contributed by atoms with Gasteiger partial charge in [0.05, 0.1) is 5.69 Å². The van der Waals surface area contributed by atoms with Gasteiger partial charge in [0.25, 0.3) is 6.71 Å². The van der Waals surface area contributed by atoms with Crippen LogP contribution in [0.5, 0.6) is 0 Å². The van der Waals surface area contributed by atoms with Crippen LogP contribution in [0, 0.1) is 0 Å². The third-order valence-electron chi connectivity index (χ3n) is 14.9. The first-order valence-corrected chi connectivity index (χ1v) is 25.5. The van der Waals surface area contributed by atoms with Crippen molar-refractivity contribution in [1.29, 1.82) is 0 Å². The molecule has 0 amide bonds. The molecule has 9 aromatic rings. The van der Waals surface area contributed by atoms with Crippen LogP contribution >= 0.6 is 0 Å². The fourth-order valence-corrected chi connectivity index (χ4v) is 10.8. The second-order valence-electron chi connectivity index (χ2n) is 24.0. The molecule has 0 atom stereocenters. The number of nitrogens with zero attached hydrogens (tertiary/aromatic N) is 3. The molecule has 0 spiro atoms. The van der Waals surface area contributed by atoms with Crippen molar-refractivity contribution in [2.75, 3.05) is 14.7 Å². The van der Waals surface area contributed by atoms with Gasteiger partial charge in [0, 0.05) is 50.7 Å². The highest BCUT2D eigenvalue weighted by Gasteiger charge is 2.47. The van der Waals surface area contributed by atoms with E-state index in [9.17, 15) is 0 Å². The highest BCUT2D eigenvalue weighted by molar-refractivity contribution is 7.01. The van der Waals surface area contributed by atoms with E-state index < -0.39 is 0 Å². The van der Waals surface area contributed by atoms with Gasteiger partial charge >= 0.3 is 0 Å². The van der Waals surface area contributed by atoms with Gasteiger partial charge in [-0.25, -0.2) is 0 Å². The minimum Gasteiger partial charge on any atom is -0.440 e. The number of furan rings is 1. The molecule has 0 N–H and O–H groups in total. The molecule has 0 saturated carbocycles. The van der Waals surface area contributed by atoms with Gasteiger partial charge in [0.1, 0.15) is 5.58 Å². The number of hydrogen-bond donors (Lipinski definition) is 0. The van der Waals surface area contributed by atoms with Crippen molar-refractivity contribution in [2.24, 2.45) is 0 Å². The van der Waals surface area contributed by atoms with Crippen LogP contribution in [0.3, 0.4) is 0 Å². The van der Waals surface area contributed by atoms with E-state index in [0.717, 1.165) is 56.7 Å². The molecule has 5 heteroatoms. The average Bonchev–Trinajstić information content (AvgIpc) is 3.72. The number of para-hydroxylation sites is 1. The Morgan fingerprint density at radius 1 is 0.380 bits per heavy atom. The standard InChI is InChI=1S/C66H66BN3O/c1-63(2,3)45-25-33-51(34-26-45)69-56-37-29-48(66(10,11)12)40-55(56)67-60-54-39-47(65(7,8)9)30-38-59(54)71-62(60)70(52-35-27-46(28-36-52)64(4,5)6)58-42-53(41-57(69)61(58)67)68(49-21-17-14-18-22-49)50-31-23-44(24-32-50)43-19-15-13-16-20-43/h13-42H,1-12H3. The van der Waals surface area contributed by atoms with E-state index in [1.54, 1.807) is 0 Å². The van der Waals surface area contributed by atoms with Crippen LogP contribution in [0.25, 0.3) is 22.1 Å². The number of hydrogen-bond acceptors (Lipinski definition) is 4. The SMILES string of the molecule is CC(C)(C)c1ccc(N2c3ccc(C(C)(C)C)cc3B3c4c2cc(N(c2ccccc2)c2ccc(-c5ccccc5)cc2)cc4N(c2ccc(C(C)(C)C)cc2)c2oc4ccc(C(C)(C)C)cc4c23)cc1. The molecule has 0 aliphatic carbocycles. The van der Waals surface area contributed by atoms with Crippen LogP contribution < -0.4 is 31.1 Å². The first kappa shape index (κ1) is 46.2. The van der Waals surface area contributed by atoms with Crippen LogP contribution in [-0.4, -0.2) is 6.71 Å². The predicted octanol–water partition coefficient (Wildman–Crippen LogP) is 16.8. The average molecular weight is 928 g/mol. The lowest BCUT2D eigenvalue weighted by atomic mass is 9.33. The summed E-state index contributed by atoms with van der Waals surface area (Å²) in [5.41, 5.74) is 20.8. The molecule has 8 aromatic carbocycles. The predicted molar refractivity (Wildman–Crippen MR) is 305 cm³/mol. The first-order valence-electron chi connectivity index (χ1n) is 25.5.